The van der Waals surface area contributed by atoms with E-state index >= 15 is 0 Å². The Hall–Kier alpha value is -0.870. The number of hydrogen-bond donors (Lipinski definition) is 0. The van der Waals surface area contributed by atoms with E-state index in [9.17, 15) is 8.42 Å². The summed E-state index contributed by atoms with van der Waals surface area (Å²) in [5.74, 6) is 0.467. The lowest BCUT2D eigenvalue weighted by Gasteiger charge is -2.21. The number of nitrogens with zero attached hydrogens (tertiary/aromatic N) is 1. The first-order valence-electron chi connectivity index (χ1n) is 7.57. The van der Waals surface area contributed by atoms with Crippen LogP contribution in [0.25, 0.3) is 0 Å². The Balaban J connectivity index is 3.02. The van der Waals surface area contributed by atoms with Gasteiger partial charge in [0.2, 0.25) is 10.0 Å². The van der Waals surface area contributed by atoms with E-state index in [0.717, 1.165) is 19.3 Å². The topological polar surface area (TPSA) is 37.4 Å². The summed E-state index contributed by atoms with van der Waals surface area (Å²) in [4.78, 5) is 0.409. The molecule has 20 heavy (non-hydrogen) atoms. The van der Waals surface area contributed by atoms with Crippen molar-refractivity contribution in [2.45, 2.75) is 57.8 Å². The summed E-state index contributed by atoms with van der Waals surface area (Å²) >= 11 is 0. The van der Waals surface area contributed by atoms with Crippen molar-refractivity contribution >= 4 is 10.0 Å². The van der Waals surface area contributed by atoms with Crippen LogP contribution in [0.4, 0.5) is 0 Å². The highest BCUT2D eigenvalue weighted by Gasteiger charge is 2.22. The number of rotatable bonds is 8. The van der Waals surface area contributed by atoms with Crippen LogP contribution in [-0.2, 0) is 10.0 Å². The number of sulfonamides is 1. The molecular formula is C16H27NO2S. The Morgan fingerprint density at radius 3 is 1.90 bits per heavy atom. The first-order valence-corrected chi connectivity index (χ1v) is 9.01. The highest BCUT2D eigenvalue weighted by Crippen LogP contribution is 2.22. The van der Waals surface area contributed by atoms with Gasteiger partial charge in [-0.2, -0.15) is 4.31 Å². The van der Waals surface area contributed by atoms with E-state index in [2.05, 4.69) is 13.8 Å². The molecule has 1 unspecified atom stereocenters. The van der Waals surface area contributed by atoms with Crippen molar-refractivity contribution in [2.24, 2.45) is 0 Å². The molecule has 1 atom stereocenters. The molecule has 0 heterocycles. The normalized spacial score (nSPS) is 13.7. The molecule has 0 saturated heterocycles. The summed E-state index contributed by atoms with van der Waals surface area (Å²) in [6.45, 7) is 9.48. The third-order valence-corrected chi connectivity index (χ3v) is 5.56. The van der Waals surface area contributed by atoms with Gasteiger partial charge in [-0.1, -0.05) is 39.8 Å². The Morgan fingerprint density at radius 2 is 1.50 bits per heavy atom. The standard InChI is InChI=1S/C16H27NO2S/c1-5-12-17(13-6-2)20(18,19)16-10-8-15(9-11-16)14(4)7-3/h8-11,14H,5-7,12-13H2,1-4H3. The van der Waals surface area contributed by atoms with Gasteiger partial charge >= 0.3 is 0 Å². The van der Waals surface area contributed by atoms with Crippen molar-refractivity contribution in [3.63, 3.8) is 0 Å². The average molecular weight is 297 g/mol. The van der Waals surface area contributed by atoms with Gasteiger partial charge in [0.25, 0.3) is 0 Å². The molecule has 0 radical (unpaired) electrons. The predicted molar refractivity (Wildman–Crippen MR) is 84.5 cm³/mol. The fraction of sp³-hybridized carbons (Fsp3) is 0.625. The minimum Gasteiger partial charge on any atom is -0.207 e. The van der Waals surface area contributed by atoms with Crippen LogP contribution in [0.5, 0.6) is 0 Å². The van der Waals surface area contributed by atoms with Crippen LogP contribution in [0.1, 0.15) is 58.4 Å². The maximum Gasteiger partial charge on any atom is 0.243 e. The Labute approximate surface area is 124 Å². The number of benzene rings is 1. The lowest BCUT2D eigenvalue weighted by molar-refractivity contribution is 0.410. The fourth-order valence-corrected chi connectivity index (χ4v) is 3.83. The quantitative estimate of drug-likeness (QED) is 0.727. The van der Waals surface area contributed by atoms with Gasteiger partial charge in [0.15, 0.2) is 0 Å². The van der Waals surface area contributed by atoms with E-state index in [4.69, 9.17) is 0 Å². The summed E-state index contributed by atoms with van der Waals surface area (Å²) in [7, 11) is -3.34. The maximum absolute atomic E-state index is 12.6. The molecule has 0 fully saturated rings. The SMILES string of the molecule is CCCN(CCC)S(=O)(=O)c1ccc(C(C)CC)cc1. The predicted octanol–water partition coefficient (Wildman–Crippen LogP) is 4.01. The van der Waals surface area contributed by atoms with Gasteiger partial charge in [-0.25, -0.2) is 8.42 Å². The van der Waals surface area contributed by atoms with E-state index in [0.29, 0.717) is 23.9 Å². The van der Waals surface area contributed by atoms with Gasteiger partial charge in [-0.3, -0.25) is 0 Å². The highest BCUT2D eigenvalue weighted by molar-refractivity contribution is 7.89. The second kappa shape index (κ2) is 7.79. The van der Waals surface area contributed by atoms with Crippen molar-refractivity contribution in [3.8, 4) is 0 Å². The molecule has 3 nitrogen and oxygen atoms in total. The fourth-order valence-electron chi connectivity index (χ4n) is 2.20. The number of hydrogen-bond acceptors (Lipinski definition) is 2. The highest BCUT2D eigenvalue weighted by atomic mass is 32.2. The van der Waals surface area contributed by atoms with E-state index in [1.54, 1.807) is 16.4 Å². The minimum atomic E-state index is -3.34. The van der Waals surface area contributed by atoms with E-state index in [1.165, 1.54) is 5.56 Å². The smallest absolute Gasteiger partial charge is 0.207 e. The molecule has 0 N–H and O–H groups in total. The van der Waals surface area contributed by atoms with Crippen LogP contribution in [-0.4, -0.2) is 25.8 Å². The molecule has 0 saturated carbocycles. The average Bonchev–Trinajstić information content (AvgIpc) is 2.46. The van der Waals surface area contributed by atoms with Gasteiger partial charge < -0.3 is 0 Å². The van der Waals surface area contributed by atoms with Crippen LogP contribution in [0.15, 0.2) is 29.2 Å². The van der Waals surface area contributed by atoms with Crippen LogP contribution < -0.4 is 0 Å². The van der Waals surface area contributed by atoms with Gasteiger partial charge in [0.05, 0.1) is 4.90 Å². The second-order valence-electron chi connectivity index (χ2n) is 5.28. The largest absolute Gasteiger partial charge is 0.243 e. The molecule has 1 aromatic carbocycles. The first kappa shape index (κ1) is 17.2. The van der Waals surface area contributed by atoms with E-state index < -0.39 is 10.0 Å². The van der Waals surface area contributed by atoms with E-state index in [-0.39, 0.29) is 0 Å². The van der Waals surface area contributed by atoms with Crippen molar-refractivity contribution in [2.75, 3.05) is 13.1 Å². The minimum absolute atomic E-state index is 0.409. The van der Waals surface area contributed by atoms with Gasteiger partial charge in [-0.05, 0) is 42.9 Å². The maximum atomic E-state index is 12.6. The summed E-state index contributed by atoms with van der Waals surface area (Å²) in [6, 6.07) is 7.37. The summed E-state index contributed by atoms with van der Waals surface area (Å²) < 4.78 is 26.8. The molecule has 0 bridgehead atoms. The second-order valence-corrected chi connectivity index (χ2v) is 7.22. The molecule has 0 aromatic heterocycles. The third kappa shape index (κ3) is 4.06. The molecule has 114 valence electrons. The molecule has 0 aliphatic heterocycles. The van der Waals surface area contributed by atoms with E-state index in [1.807, 2.05) is 26.0 Å². The molecule has 0 aliphatic rings. The Bertz CT molecular complexity index is 488. The summed E-state index contributed by atoms with van der Waals surface area (Å²) in [5, 5.41) is 0. The van der Waals surface area contributed by atoms with Crippen molar-refractivity contribution < 1.29 is 8.42 Å². The Kier molecular flexibility index (Phi) is 6.69. The van der Waals surface area contributed by atoms with Gasteiger partial charge in [0.1, 0.15) is 0 Å². The molecule has 0 amide bonds. The molecule has 0 spiro atoms. The molecular weight excluding hydrogens is 270 g/mol. The first-order chi connectivity index (χ1) is 9.47. The van der Waals surface area contributed by atoms with Gasteiger partial charge in [-0.15, -0.1) is 0 Å². The zero-order valence-electron chi connectivity index (χ0n) is 13.1. The third-order valence-electron chi connectivity index (χ3n) is 3.65. The van der Waals surface area contributed by atoms with Crippen LogP contribution >= 0.6 is 0 Å². The molecule has 4 heteroatoms. The summed E-state index contributed by atoms with van der Waals surface area (Å²) in [6.07, 6.45) is 2.73. The van der Waals surface area contributed by atoms with Crippen LogP contribution in [0.2, 0.25) is 0 Å². The molecule has 0 aliphatic carbocycles. The van der Waals surface area contributed by atoms with Crippen molar-refractivity contribution in [1.82, 2.24) is 4.31 Å². The molecule has 1 rings (SSSR count). The monoisotopic (exact) mass is 297 g/mol. The lowest BCUT2D eigenvalue weighted by Crippen LogP contribution is -2.32. The van der Waals surface area contributed by atoms with Crippen molar-refractivity contribution in [1.29, 1.82) is 0 Å². The molecule has 1 aromatic rings. The zero-order valence-corrected chi connectivity index (χ0v) is 13.9. The van der Waals surface area contributed by atoms with Crippen LogP contribution in [0, 0.1) is 0 Å². The zero-order chi connectivity index (χ0) is 15.2. The van der Waals surface area contributed by atoms with Crippen molar-refractivity contribution in [3.05, 3.63) is 29.8 Å². The Morgan fingerprint density at radius 1 is 1.00 bits per heavy atom. The van der Waals surface area contributed by atoms with Crippen LogP contribution in [0.3, 0.4) is 0 Å². The van der Waals surface area contributed by atoms with Gasteiger partial charge in [0, 0.05) is 13.1 Å². The lowest BCUT2D eigenvalue weighted by atomic mass is 9.99. The summed E-state index contributed by atoms with van der Waals surface area (Å²) in [5.41, 5.74) is 1.20.